The third-order valence-corrected chi connectivity index (χ3v) is 5.07. The monoisotopic (exact) mass is 323 g/mol. The Bertz CT molecular complexity index is 524. The van der Waals surface area contributed by atoms with Gasteiger partial charge in [0.1, 0.15) is 0 Å². The molecule has 0 N–H and O–H groups in total. The van der Waals surface area contributed by atoms with E-state index in [1.165, 1.54) is 24.7 Å². The average Bonchev–Trinajstić information content (AvgIpc) is 2.96. The maximum atomic E-state index is 12.5. The van der Waals surface area contributed by atoms with Crippen molar-refractivity contribution in [3.63, 3.8) is 0 Å². The first-order chi connectivity index (χ1) is 10.5. The van der Waals surface area contributed by atoms with Crippen molar-refractivity contribution in [2.75, 3.05) is 19.7 Å². The highest BCUT2D eigenvalue weighted by Gasteiger charge is 2.26. The van der Waals surface area contributed by atoms with Gasteiger partial charge in [-0.1, -0.05) is 26.7 Å². The molecule has 1 atom stereocenters. The summed E-state index contributed by atoms with van der Waals surface area (Å²) < 4.78 is 5.77. The van der Waals surface area contributed by atoms with Gasteiger partial charge < -0.3 is 9.64 Å². The molecule has 0 spiro atoms. The molecule has 22 heavy (non-hydrogen) atoms. The molecular weight excluding hydrogens is 298 g/mol. The van der Waals surface area contributed by atoms with Crippen LogP contribution in [0, 0.1) is 5.92 Å². The van der Waals surface area contributed by atoms with Crippen LogP contribution in [0.3, 0.4) is 0 Å². The van der Waals surface area contributed by atoms with Crippen molar-refractivity contribution in [1.29, 1.82) is 0 Å². The summed E-state index contributed by atoms with van der Waals surface area (Å²) in [5.74, 6) is 0.740. The first-order valence-electron chi connectivity index (χ1n) is 7.99. The molecule has 1 aliphatic heterocycles. The molecule has 1 saturated heterocycles. The van der Waals surface area contributed by atoms with Gasteiger partial charge >= 0.3 is 0 Å². The summed E-state index contributed by atoms with van der Waals surface area (Å²) >= 11 is 1.28. The van der Waals surface area contributed by atoms with E-state index in [1.807, 2.05) is 4.90 Å². The largest absolute Gasteiger partial charge is 0.375 e. The molecule has 1 aliphatic rings. The van der Waals surface area contributed by atoms with Crippen molar-refractivity contribution < 1.29 is 14.3 Å². The number of hydrogen-bond acceptors (Lipinski definition) is 4. The molecule has 1 aromatic rings. The molecule has 122 valence electrons. The van der Waals surface area contributed by atoms with Crippen LogP contribution in [-0.4, -0.2) is 42.4 Å². The van der Waals surface area contributed by atoms with Crippen molar-refractivity contribution >= 4 is 23.0 Å². The Hall–Kier alpha value is -1.20. The van der Waals surface area contributed by atoms with E-state index in [2.05, 4.69) is 13.8 Å². The van der Waals surface area contributed by atoms with Crippen LogP contribution in [0.1, 0.15) is 59.4 Å². The predicted octanol–water partition coefficient (Wildman–Crippen LogP) is 3.62. The Labute approximate surface area is 136 Å². The number of hydrogen-bond donors (Lipinski definition) is 0. The third-order valence-electron chi connectivity index (χ3n) is 3.90. The number of carbonyl (C=O) groups excluding carboxylic acids is 2. The molecule has 2 rings (SSSR count). The highest BCUT2D eigenvalue weighted by molar-refractivity contribution is 7.15. The van der Waals surface area contributed by atoms with E-state index in [0.29, 0.717) is 35.4 Å². The number of rotatable bonds is 6. The van der Waals surface area contributed by atoms with Crippen LogP contribution in [0.25, 0.3) is 0 Å². The lowest BCUT2D eigenvalue weighted by atomic mass is 10.0. The zero-order valence-electron chi connectivity index (χ0n) is 13.6. The highest BCUT2D eigenvalue weighted by Crippen LogP contribution is 2.21. The highest BCUT2D eigenvalue weighted by atomic mass is 32.1. The van der Waals surface area contributed by atoms with Gasteiger partial charge in [0, 0.05) is 13.1 Å². The van der Waals surface area contributed by atoms with E-state index in [0.717, 1.165) is 12.8 Å². The fraction of sp³-hybridized carbons (Fsp3) is 0.647. The lowest BCUT2D eigenvalue weighted by molar-refractivity contribution is -0.0258. The van der Waals surface area contributed by atoms with Crippen LogP contribution in [0.5, 0.6) is 0 Å². The Morgan fingerprint density at radius 1 is 1.36 bits per heavy atom. The van der Waals surface area contributed by atoms with E-state index >= 15 is 0 Å². The lowest BCUT2D eigenvalue weighted by Gasteiger charge is -2.33. The minimum atomic E-state index is 0.0117. The minimum absolute atomic E-state index is 0.0117. The summed E-state index contributed by atoms with van der Waals surface area (Å²) in [5, 5.41) is 0. The van der Waals surface area contributed by atoms with Crippen LogP contribution in [0.2, 0.25) is 0 Å². The van der Waals surface area contributed by atoms with E-state index in [1.54, 1.807) is 12.1 Å². The van der Waals surface area contributed by atoms with Gasteiger partial charge in [-0.05, 0) is 31.4 Å². The summed E-state index contributed by atoms with van der Waals surface area (Å²) in [4.78, 5) is 27.0. The molecule has 5 heteroatoms. The number of carbonyl (C=O) groups is 2. The minimum Gasteiger partial charge on any atom is -0.375 e. The van der Waals surface area contributed by atoms with Gasteiger partial charge in [0.2, 0.25) is 0 Å². The van der Waals surface area contributed by atoms with Crippen molar-refractivity contribution in [3.8, 4) is 0 Å². The number of morpholine rings is 1. The van der Waals surface area contributed by atoms with Crippen molar-refractivity contribution in [2.45, 2.75) is 46.1 Å². The SMILES string of the molecule is CC(=O)c1ccc(C(=O)N2CCOC(CCCC(C)C)C2)s1. The first-order valence-corrected chi connectivity index (χ1v) is 8.80. The number of nitrogens with zero attached hydrogens (tertiary/aromatic N) is 1. The molecule has 1 amide bonds. The van der Waals surface area contributed by atoms with Crippen LogP contribution in [0.4, 0.5) is 0 Å². The second kappa shape index (κ2) is 7.88. The fourth-order valence-corrected chi connectivity index (χ4v) is 3.50. The second-order valence-corrected chi connectivity index (χ2v) is 7.37. The Kier molecular flexibility index (Phi) is 6.15. The van der Waals surface area contributed by atoms with E-state index in [4.69, 9.17) is 4.74 Å². The zero-order chi connectivity index (χ0) is 16.1. The van der Waals surface area contributed by atoms with Crippen LogP contribution in [0.15, 0.2) is 12.1 Å². The third kappa shape index (κ3) is 4.65. The van der Waals surface area contributed by atoms with Crippen molar-refractivity contribution in [2.24, 2.45) is 5.92 Å². The molecule has 1 fully saturated rings. The smallest absolute Gasteiger partial charge is 0.264 e. The maximum absolute atomic E-state index is 12.5. The van der Waals surface area contributed by atoms with Gasteiger partial charge in [0.05, 0.1) is 22.5 Å². The van der Waals surface area contributed by atoms with Gasteiger partial charge in [-0.15, -0.1) is 11.3 Å². The number of Topliss-reactive ketones (excluding diaryl/α,β-unsaturated/α-hetero) is 1. The number of ether oxygens (including phenoxy) is 1. The average molecular weight is 323 g/mol. The topological polar surface area (TPSA) is 46.6 Å². The molecule has 0 aliphatic carbocycles. The maximum Gasteiger partial charge on any atom is 0.264 e. The van der Waals surface area contributed by atoms with E-state index in [9.17, 15) is 9.59 Å². The predicted molar refractivity (Wildman–Crippen MR) is 88.7 cm³/mol. The van der Waals surface area contributed by atoms with Gasteiger partial charge in [-0.3, -0.25) is 9.59 Å². The summed E-state index contributed by atoms with van der Waals surface area (Å²) in [6.07, 6.45) is 3.48. The zero-order valence-corrected chi connectivity index (χ0v) is 14.4. The Balaban J connectivity index is 1.90. The molecule has 0 aromatic carbocycles. The first kappa shape index (κ1) is 17.2. The van der Waals surface area contributed by atoms with Gasteiger partial charge in [-0.25, -0.2) is 0 Å². The lowest BCUT2D eigenvalue weighted by Crippen LogP contribution is -2.45. The summed E-state index contributed by atoms with van der Waals surface area (Å²) in [6, 6.07) is 3.49. The van der Waals surface area contributed by atoms with E-state index < -0.39 is 0 Å². The molecule has 0 bridgehead atoms. The van der Waals surface area contributed by atoms with Crippen molar-refractivity contribution in [3.05, 3.63) is 21.9 Å². The van der Waals surface area contributed by atoms with Gasteiger partial charge in [0.15, 0.2) is 5.78 Å². The normalized spacial score (nSPS) is 18.7. The molecule has 2 heterocycles. The summed E-state index contributed by atoms with van der Waals surface area (Å²) in [5.41, 5.74) is 0. The number of thiophene rings is 1. The molecule has 4 nitrogen and oxygen atoms in total. The summed E-state index contributed by atoms with van der Waals surface area (Å²) in [7, 11) is 0. The van der Waals surface area contributed by atoms with Crippen molar-refractivity contribution in [1.82, 2.24) is 4.90 Å². The Morgan fingerprint density at radius 2 is 2.09 bits per heavy atom. The number of ketones is 1. The van der Waals surface area contributed by atoms with Gasteiger partial charge in [-0.2, -0.15) is 0 Å². The van der Waals surface area contributed by atoms with E-state index in [-0.39, 0.29) is 17.8 Å². The number of amides is 1. The second-order valence-electron chi connectivity index (χ2n) is 6.29. The summed E-state index contributed by atoms with van der Waals surface area (Å²) in [6.45, 7) is 7.86. The molecule has 1 aromatic heterocycles. The fourth-order valence-electron chi connectivity index (χ4n) is 2.63. The van der Waals surface area contributed by atoms with Crippen LogP contribution >= 0.6 is 11.3 Å². The van der Waals surface area contributed by atoms with Crippen LogP contribution in [-0.2, 0) is 4.74 Å². The molecular formula is C17H25NO3S. The van der Waals surface area contributed by atoms with Crippen LogP contribution < -0.4 is 0 Å². The molecule has 1 unspecified atom stereocenters. The Morgan fingerprint density at radius 3 is 2.73 bits per heavy atom. The van der Waals surface area contributed by atoms with Gasteiger partial charge in [0.25, 0.3) is 5.91 Å². The molecule has 0 radical (unpaired) electrons. The molecule has 0 saturated carbocycles. The quantitative estimate of drug-likeness (QED) is 0.751. The standard InChI is InChI=1S/C17H25NO3S/c1-12(2)5-4-6-14-11-18(9-10-21-14)17(20)16-8-7-15(22-16)13(3)19/h7-8,12,14H,4-6,9-11H2,1-3H3.